The lowest BCUT2D eigenvalue weighted by Gasteiger charge is -2.11. The molecular formula is C16H15NO. The zero-order chi connectivity index (χ0) is 12.4. The Morgan fingerprint density at radius 1 is 1.06 bits per heavy atom. The van der Waals surface area contributed by atoms with Crippen molar-refractivity contribution in [1.82, 2.24) is 4.98 Å². The summed E-state index contributed by atoms with van der Waals surface area (Å²) in [5.41, 5.74) is 3.29. The summed E-state index contributed by atoms with van der Waals surface area (Å²) < 4.78 is 0. The van der Waals surface area contributed by atoms with Crippen LogP contribution in [0.4, 0.5) is 0 Å². The molecule has 0 aliphatic heterocycles. The molecule has 90 valence electrons. The number of aromatic nitrogens is 1. The molecule has 0 bridgehead atoms. The van der Waals surface area contributed by atoms with Gasteiger partial charge in [-0.25, -0.2) is 0 Å². The van der Waals surface area contributed by atoms with Crippen molar-refractivity contribution in [2.24, 2.45) is 0 Å². The van der Waals surface area contributed by atoms with Gasteiger partial charge in [0.05, 0.1) is 5.52 Å². The second-order valence-corrected chi connectivity index (χ2v) is 4.79. The van der Waals surface area contributed by atoms with E-state index in [2.05, 4.69) is 23.2 Å². The molecule has 0 saturated carbocycles. The van der Waals surface area contributed by atoms with Gasteiger partial charge in [0.15, 0.2) is 5.78 Å². The van der Waals surface area contributed by atoms with E-state index < -0.39 is 0 Å². The van der Waals surface area contributed by atoms with Crippen molar-refractivity contribution in [1.29, 1.82) is 0 Å². The molecular weight excluding hydrogens is 222 g/mol. The molecule has 0 N–H and O–H groups in total. The molecule has 0 atom stereocenters. The van der Waals surface area contributed by atoms with Crippen LogP contribution in [0, 0.1) is 0 Å². The zero-order valence-corrected chi connectivity index (χ0v) is 10.2. The quantitative estimate of drug-likeness (QED) is 0.800. The van der Waals surface area contributed by atoms with Gasteiger partial charge in [0.25, 0.3) is 0 Å². The van der Waals surface area contributed by atoms with E-state index in [4.69, 9.17) is 0 Å². The van der Waals surface area contributed by atoms with Crippen LogP contribution in [0.5, 0.6) is 0 Å². The first-order valence-electron chi connectivity index (χ1n) is 6.38. The minimum absolute atomic E-state index is 0.261. The summed E-state index contributed by atoms with van der Waals surface area (Å²) in [6, 6.07) is 12.3. The second-order valence-electron chi connectivity index (χ2n) is 4.79. The number of pyridine rings is 1. The van der Waals surface area contributed by atoms with Crippen LogP contribution in [0.2, 0.25) is 0 Å². The molecule has 2 heteroatoms. The van der Waals surface area contributed by atoms with Crippen molar-refractivity contribution in [2.75, 3.05) is 0 Å². The first-order chi connectivity index (χ1) is 8.81. The summed E-state index contributed by atoms with van der Waals surface area (Å²) in [5.74, 6) is 0.261. The lowest BCUT2D eigenvalue weighted by atomic mass is 9.95. The van der Waals surface area contributed by atoms with Gasteiger partial charge < -0.3 is 0 Å². The number of ketones is 1. The van der Waals surface area contributed by atoms with Crippen molar-refractivity contribution < 1.29 is 4.79 Å². The highest BCUT2D eigenvalue weighted by Crippen LogP contribution is 2.20. The van der Waals surface area contributed by atoms with Gasteiger partial charge in [-0.15, -0.1) is 0 Å². The third kappa shape index (κ3) is 2.33. The van der Waals surface area contributed by atoms with Gasteiger partial charge in [-0.2, -0.15) is 0 Å². The molecule has 0 spiro atoms. The van der Waals surface area contributed by atoms with Crippen LogP contribution in [0.1, 0.15) is 25.0 Å². The Hall–Kier alpha value is -1.96. The Kier molecular flexibility index (Phi) is 2.93. The Morgan fingerprint density at radius 3 is 2.83 bits per heavy atom. The molecule has 0 amide bonds. The summed E-state index contributed by atoms with van der Waals surface area (Å²) in [6.07, 6.45) is 5.32. The maximum absolute atomic E-state index is 11.4. The fraction of sp³-hybridized carbons (Fsp3) is 0.250. The van der Waals surface area contributed by atoms with Crippen molar-refractivity contribution in [3.63, 3.8) is 0 Å². The third-order valence-electron chi connectivity index (χ3n) is 3.35. The van der Waals surface area contributed by atoms with Gasteiger partial charge in [-0.3, -0.25) is 9.78 Å². The van der Waals surface area contributed by atoms with E-state index >= 15 is 0 Å². The van der Waals surface area contributed by atoms with E-state index in [1.54, 1.807) is 6.08 Å². The topological polar surface area (TPSA) is 30.0 Å². The van der Waals surface area contributed by atoms with Crippen LogP contribution < -0.4 is 0 Å². The highest BCUT2D eigenvalue weighted by molar-refractivity contribution is 5.91. The first kappa shape index (κ1) is 11.1. The van der Waals surface area contributed by atoms with Gasteiger partial charge in [0, 0.05) is 23.9 Å². The highest BCUT2D eigenvalue weighted by atomic mass is 16.1. The van der Waals surface area contributed by atoms with E-state index in [0.717, 1.165) is 35.9 Å². The average molecular weight is 237 g/mol. The minimum Gasteiger partial charge on any atom is -0.295 e. The normalized spacial score (nSPS) is 15.8. The van der Waals surface area contributed by atoms with Crippen LogP contribution in [0.25, 0.3) is 10.9 Å². The molecule has 1 aromatic heterocycles. The second kappa shape index (κ2) is 4.73. The molecule has 0 saturated heterocycles. The number of para-hydroxylation sites is 1. The van der Waals surface area contributed by atoms with Crippen molar-refractivity contribution in [3.8, 4) is 0 Å². The van der Waals surface area contributed by atoms with E-state index in [0.29, 0.717) is 6.42 Å². The predicted octanol–water partition coefficient (Wildman–Crippen LogP) is 3.46. The summed E-state index contributed by atoms with van der Waals surface area (Å²) in [4.78, 5) is 16.0. The molecule has 0 unspecified atom stereocenters. The summed E-state index contributed by atoms with van der Waals surface area (Å²) in [5, 5.41) is 1.16. The Bertz CT molecular complexity index is 628. The van der Waals surface area contributed by atoms with E-state index in [-0.39, 0.29) is 5.78 Å². The lowest BCUT2D eigenvalue weighted by Crippen LogP contribution is -2.05. The molecule has 1 aliphatic carbocycles. The standard InChI is InChI=1S/C16H15NO/c18-15-6-3-4-12(11-15)10-14-9-8-13-5-1-2-7-16(13)17-14/h1-2,5,7-9,11H,3-4,6,10H2. The van der Waals surface area contributed by atoms with Gasteiger partial charge in [0.2, 0.25) is 0 Å². The number of nitrogens with zero attached hydrogens (tertiary/aromatic N) is 1. The molecule has 2 nitrogen and oxygen atoms in total. The van der Waals surface area contributed by atoms with Crippen LogP contribution in [-0.4, -0.2) is 10.8 Å². The molecule has 18 heavy (non-hydrogen) atoms. The number of hydrogen-bond donors (Lipinski definition) is 0. The maximum Gasteiger partial charge on any atom is 0.155 e. The van der Waals surface area contributed by atoms with Gasteiger partial charge >= 0.3 is 0 Å². The number of carbonyl (C=O) groups excluding carboxylic acids is 1. The molecule has 0 radical (unpaired) electrons. The molecule has 3 rings (SSSR count). The fourth-order valence-electron chi connectivity index (χ4n) is 2.44. The third-order valence-corrected chi connectivity index (χ3v) is 3.35. The number of fused-ring (bicyclic) bond motifs is 1. The summed E-state index contributed by atoms with van der Waals surface area (Å²) in [7, 11) is 0. The van der Waals surface area contributed by atoms with Crippen LogP contribution >= 0.6 is 0 Å². The summed E-state index contributed by atoms with van der Waals surface area (Å²) >= 11 is 0. The lowest BCUT2D eigenvalue weighted by molar-refractivity contribution is -0.115. The van der Waals surface area contributed by atoms with Crippen LogP contribution in [0.15, 0.2) is 48.0 Å². The molecule has 2 aromatic rings. The maximum atomic E-state index is 11.4. The summed E-state index contributed by atoms with van der Waals surface area (Å²) in [6.45, 7) is 0. The van der Waals surface area contributed by atoms with Crippen LogP contribution in [-0.2, 0) is 11.2 Å². The highest BCUT2D eigenvalue weighted by Gasteiger charge is 2.10. The molecule has 1 heterocycles. The largest absolute Gasteiger partial charge is 0.295 e. The Balaban J connectivity index is 1.88. The van der Waals surface area contributed by atoms with E-state index in [9.17, 15) is 4.79 Å². The number of hydrogen-bond acceptors (Lipinski definition) is 2. The van der Waals surface area contributed by atoms with Crippen molar-refractivity contribution in [2.45, 2.75) is 25.7 Å². The zero-order valence-electron chi connectivity index (χ0n) is 10.2. The molecule has 0 fully saturated rings. The average Bonchev–Trinajstić information content (AvgIpc) is 2.39. The van der Waals surface area contributed by atoms with Gasteiger partial charge in [0.1, 0.15) is 0 Å². The SMILES string of the molecule is O=C1C=C(Cc2ccc3ccccc3n2)CCC1. The molecule has 1 aliphatic rings. The minimum atomic E-state index is 0.261. The van der Waals surface area contributed by atoms with E-state index in [1.165, 1.54) is 5.57 Å². The number of benzene rings is 1. The van der Waals surface area contributed by atoms with Crippen molar-refractivity contribution >= 4 is 16.7 Å². The van der Waals surface area contributed by atoms with Gasteiger partial charge in [-0.05, 0) is 31.1 Å². The molecule has 1 aromatic carbocycles. The Morgan fingerprint density at radius 2 is 1.94 bits per heavy atom. The number of allylic oxidation sites excluding steroid dienone is 2. The fourth-order valence-corrected chi connectivity index (χ4v) is 2.44. The smallest absolute Gasteiger partial charge is 0.155 e. The van der Waals surface area contributed by atoms with Gasteiger partial charge in [-0.1, -0.05) is 29.8 Å². The Labute approximate surface area is 106 Å². The van der Waals surface area contributed by atoms with Crippen molar-refractivity contribution in [3.05, 3.63) is 53.7 Å². The van der Waals surface area contributed by atoms with Crippen LogP contribution in [0.3, 0.4) is 0 Å². The number of rotatable bonds is 2. The monoisotopic (exact) mass is 237 g/mol. The van der Waals surface area contributed by atoms with E-state index in [1.807, 2.05) is 18.2 Å². The first-order valence-corrected chi connectivity index (χ1v) is 6.38. The number of carbonyl (C=O) groups is 1. The predicted molar refractivity (Wildman–Crippen MR) is 72.4 cm³/mol.